The van der Waals surface area contributed by atoms with Gasteiger partial charge in [0.1, 0.15) is 0 Å². The summed E-state index contributed by atoms with van der Waals surface area (Å²) in [6.07, 6.45) is 7.68. The number of hydrogen-bond acceptors (Lipinski definition) is 4. The fraction of sp³-hybridized carbons (Fsp3) is 0.276. The highest BCUT2D eigenvalue weighted by molar-refractivity contribution is 5.91. The quantitative estimate of drug-likeness (QED) is 0.382. The van der Waals surface area contributed by atoms with Crippen LogP contribution in [0.15, 0.2) is 91.3 Å². The van der Waals surface area contributed by atoms with Crippen molar-refractivity contribution in [3.05, 3.63) is 108 Å². The van der Waals surface area contributed by atoms with Gasteiger partial charge in [0, 0.05) is 57.6 Å². The average molecular weight is 469 g/mol. The van der Waals surface area contributed by atoms with Crippen molar-refractivity contribution in [2.45, 2.75) is 18.9 Å². The van der Waals surface area contributed by atoms with Gasteiger partial charge in [-0.1, -0.05) is 66.7 Å². The molecule has 1 N–H and O–H groups in total. The zero-order valence-corrected chi connectivity index (χ0v) is 19.9. The minimum Gasteiger partial charge on any atom is -0.353 e. The van der Waals surface area contributed by atoms with Gasteiger partial charge in [0.15, 0.2) is 0 Å². The first-order chi connectivity index (χ1) is 17.2. The molecule has 0 aliphatic carbocycles. The van der Waals surface area contributed by atoms with Gasteiger partial charge in [-0.3, -0.25) is 19.5 Å². The van der Waals surface area contributed by atoms with E-state index in [4.69, 9.17) is 0 Å². The van der Waals surface area contributed by atoms with Gasteiger partial charge in [-0.2, -0.15) is 0 Å². The summed E-state index contributed by atoms with van der Waals surface area (Å²) in [5, 5.41) is 2.84. The van der Waals surface area contributed by atoms with Crippen molar-refractivity contribution in [2.24, 2.45) is 0 Å². The van der Waals surface area contributed by atoms with Crippen LogP contribution in [-0.2, 0) is 9.59 Å². The summed E-state index contributed by atoms with van der Waals surface area (Å²) < 4.78 is 0. The number of benzene rings is 2. The van der Waals surface area contributed by atoms with Gasteiger partial charge in [0.25, 0.3) is 0 Å². The standard InChI is InChI=1S/C29H32N4O2/c34-27(16-15-24-9-7-17-30-23-24)31-18-8-14-28(35)32-19-21-33(22-20-32)29(25-10-3-1-4-11-25)26-12-5-2-6-13-26/h1-7,9-13,15-17,23,29H,8,14,18-22H2,(H,31,34)/b16-15-. The molecule has 6 nitrogen and oxygen atoms in total. The highest BCUT2D eigenvalue weighted by atomic mass is 16.2. The molecule has 0 radical (unpaired) electrons. The summed E-state index contributed by atoms with van der Waals surface area (Å²) in [7, 11) is 0. The fourth-order valence-electron chi connectivity index (χ4n) is 4.43. The smallest absolute Gasteiger partial charge is 0.244 e. The predicted molar refractivity (Wildman–Crippen MR) is 138 cm³/mol. The van der Waals surface area contributed by atoms with Crippen molar-refractivity contribution in [1.82, 2.24) is 20.1 Å². The second kappa shape index (κ2) is 12.6. The second-order valence-corrected chi connectivity index (χ2v) is 8.65. The number of hydrogen-bond donors (Lipinski definition) is 1. The summed E-state index contributed by atoms with van der Waals surface area (Å²) >= 11 is 0. The van der Waals surface area contributed by atoms with E-state index in [2.05, 4.69) is 63.7 Å². The van der Waals surface area contributed by atoms with E-state index in [-0.39, 0.29) is 17.9 Å². The molecule has 0 bridgehead atoms. The summed E-state index contributed by atoms with van der Waals surface area (Å²) in [5.41, 5.74) is 3.41. The van der Waals surface area contributed by atoms with Gasteiger partial charge in [-0.05, 0) is 35.3 Å². The molecule has 1 aromatic heterocycles. The minimum atomic E-state index is -0.164. The van der Waals surface area contributed by atoms with E-state index in [0.717, 1.165) is 31.7 Å². The Kier molecular flexibility index (Phi) is 8.79. The molecule has 35 heavy (non-hydrogen) atoms. The Morgan fingerprint density at radius 2 is 1.54 bits per heavy atom. The Balaban J connectivity index is 1.22. The number of pyridine rings is 1. The van der Waals surface area contributed by atoms with Crippen LogP contribution in [0.2, 0.25) is 0 Å². The van der Waals surface area contributed by atoms with Gasteiger partial charge in [-0.25, -0.2) is 0 Å². The molecular formula is C29H32N4O2. The third-order valence-electron chi connectivity index (χ3n) is 6.24. The molecule has 1 fully saturated rings. The Hall–Kier alpha value is -3.77. The lowest BCUT2D eigenvalue weighted by molar-refractivity contribution is -0.133. The lowest BCUT2D eigenvalue weighted by atomic mass is 9.96. The van der Waals surface area contributed by atoms with Crippen LogP contribution in [0.3, 0.4) is 0 Å². The Bertz CT molecular complexity index is 1060. The van der Waals surface area contributed by atoms with Gasteiger partial charge < -0.3 is 10.2 Å². The molecule has 3 aromatic rings. The van der Waals surface area contributed by atoms with Crippen LogP contribution in [0.5, 0.6) is 0 Å². The van der Waals surface area contributed by atoms with E-state index < -0.39 is 0 Å². The molecule has 180 valence electrons. The molecule has 4 rings (SSSR count). The summed E-state index contributed by atoms with van der Waals surface area (Å²) in [6.45, 7) is 3.57. The largest absolute Gasteiger partial charge is 0.353 e. The molecule has 1 aliphatic heterocycles. The fourth-order valence-corrected chi connectivity index (χ4v) is 4.43. The Morgan fingerprint density at radius 1 is 0.886 bits per heavy atom. The first-order valence-electron chi connectivity index (χ1n) is 12.2. The SMILES string of the molecule is O=C(/C=C\c1cccnc1)NCCCC(=O)N1CCN(C(c2ccccc2)c2ccccc2)CC1. The van der Waals surface area contributed by atoms with E-state index >= 15 is 0 Å². The maximum absolute atomic E-state index is 12.7. The summed E-state index contributed by atoms with van der Waals surface area (Å²) in [6, 6.07) is 25.0. The number of carbonyl (C=O) groups is 2. The third kappa shape index (κ3) is 7.11. The Labute approximate surface area is 207 Å². The minimum absolute atomic E-state index is 0.153. The molecule has 0 saturated carbocycles. The van der Waals surface area contributed by atoms with Crippen molar-refractivity contribution in [3.8, 4) is 0 Å². The van der Waals surface area contributed by atoms with Crippen LogP contribution in [0, 0.1) is 0 Å². The number of nitrogens with zero attached hydrogens (tertiary/aromatic N) is 3. The van der Waals surface area contributed by atoms with Crippen LogP contribution in [-0.4, -0.2) is 59.3 Å². The Morgan fingerprint density at radius 3 is 2.14 bits per heavy atom. The summed E-state index contributed by atoms with van der Waals surface area (Å²) in [4.78, 5) is 33.2. The molecule has 2 heterocycles. The van der Waals surface area contributed by atoms with Gasteiger partial charge in [0.05, 0.1) is 6.04 Å². The topological polar surface area (TPSA) is 65.5 Å². The molecule has 0 atom stereocenters. The molecule has 6 heteroatoms. The molecule has 1 aliphatic rings. The highest BCUT2D eigenvalue weighted by Crippen LogP contribution is 2.29. The van der Waals surface area contributed by atoms with Crippen LogP contribution in [0.4, 0.5) is 0 Å². The van der Waals surface area contributed by atoms with Crippen molar-refractivity contribution in [3.63, 3.8) is 0 Å². The molecular weight excluding hydrogens is 436 g/mol. The molecule has 1 saturated heterocycles. The van der Waals surface area contributed by atoms with Crippen molar-refractivity contribution >= 4 is 17.9 Å². The number of nitrogens with one attached hydrogen (secondary N) is 1. The zero-order valence-electron chi connectivity index (χ0n) is 19.9. The normalized spacial score (nSPS) is 14.4. The number of aromatic nitrogens is 1. The first-order valence-corrected chi connectivity index (χ1v) is 12.2. The summed E-state index contributed by atoms with van der Waals surface area (Å²) in [5.74, 6) is -0.0106. The van der Waals surface area contributed by atoms with Crippen LogP contribution in [0.25, 0.3) is 6.08 Å². The lowest BCUT2D eigenvalue weighted by Gasteiger charge is -2.40. The van der Waals surface area contributed by atoms with E-state index in [1.807, 2.05) is 29.2 Å². The first kappa shape index (κ1) is 24.4. The number of piperazine rings is 1. The maximum Gasteiger partial charge on any atom is 0.244 e. The van der Waals surface area contributed by atoms with E-state index in [1.54, 1.807) is 18.5 Å². The highest BCUT2D eigenvalue weighted by Gasteiger charge is 2.27. The molecule has 2 amide bonds. The van der Waals surface area contributed by atoms with E-state index in [0.29, 0.717) is 19.4 Å². The number of carbonyl (C=O) groups excluding carboxylic acids is 2. The van der Waals surface area contributed by atoms with Crippen LogP contribution >= 0.6 is 0 Å². The lowest BCUT2D eigenvalue weighted by Crippen LogP contribution is -2.49. The number of amides is 2. The van der Waals surface area contributed by atoms with Crippen molar-refractivity contribution in [2.75, 3.05) is 32.7 Å². The molecule has 2 aromatic carbocycles. The average Bonchev–Trinajstić information content (AvgIpc) is 2.92. The zero-order chi connectivity index (χ0) is 24.3. The van der Waals surface area contributed by atoms with Crippen LogP contribution in [0.1, 0.15) is 35.6 Å². The molecule has 0 spiro atoms. The molecule has 0 unspecified atom stereocenters. The van der Waals surface area contributed by atoms with Crippen molar-refractivity contribution in [1.29, 1.82) is 0 Å². The van der Waals surface area contributed by atoms with Gasteiger partial charge >= 0.3 is 0 Å². The van der Waals surface area contributed by atoms with Gasteiger partial charge in [-0.15, -0.1) is 0 Å². The van der Waals surface area contributed by atoms with Crippen molar-refractivity contribution < 1.29 is 9.59 Å². The van der Waals surface area contributed by atoms with E-state index in [1.165, 1.54) is 17.2 Å². The monoisotopic (exact) mass is 468 g/mol. The number of rotatable bonds is 9. The van der Waals surface area contributed by atoms with Crippen LogP contribution < -0.4 is 5.32 Å². The van der Waals surface area contributed by atoms with Gasteiger partial charge in [0.2, 0.25) is 11.8 Å². The maximum atomic E-state index is 12.7. The predicted octanol–water partition coefficient (Wildman–Crippen LogP) is 3.93. The third-order valence-corrected chi connectivity index (χ3v) is 6.24. The van der Waals surface area contributed by atoms with E-state index in [9.17, 15) is 9.59 Å². The second-order valence-electron chi connectivity index (χ2n) is 8.65.